The molecule has 2 bridgehead atoms. The van der Waals surface area contributed by atoms with Gasteiger partial charge in [-0.3, -0.25) is 0 Å². The zero-order valence-electron chi connectivity index (χ0n) is 17.4. The molecule has 2 saturated heterocycles. The Morgan fingerprint density at radius 2 is 1.97 bits per heavy atom. The number of piperidine rings is 1. The Morgan fingerprint density at radius 3 is 2.69 bits per heavy atom. The van der Waals surface area contributed by atoms with Crippen molar-refractivity contribution < 1.29 is 0 Å². The van der Waals surface area contributed by atoms with Crippen molar-refractivity contribution in [2.75, 3.05) is 0 Å². The van der Waals surface area contributed by atoms with E-state index in [1.165, 1.54) is 53.6 Å². The van der Waals surface area contributed by atoms with E-state index in [-0.39, 0.29) is 0 Å². The lowest BCUT2D eigenvalue weighted by atomic mass is 9.99. The largest absolute Gasteiger partial charge is 0.354 e. The predicted molar refractivity (Wildman–Crippen MR) is 121 cm³/mol. The van der Waals surface area contributed by atoms with Gasteiger partial charge >= 0.3 is 0 Å². The van der Waals surface area contributed by atoms with Crippen LogP contribution in [0.25, 0.3) is 27.1 Å². The van der Waals surface area contributed by atoms with E-state index in [1.807, 2.05) is 4.52 Å². The summed E-state index contributed by atoms with van der Waals surface area (Å²) in [6.07, 6.45) is 10.9. The highest BCUT2D eigenvalue weighted by molar-refractivity contribution is 7.17. The predicted octanol–water partition coefficient (Wildman–Crippen LogP) is 5.66. The molecule has 6 heterocycles. The summed E-state index contributed by atoms with van der Waals surface area (Å²) in [4.78, 5) is 7.86. The van der Waals surface area contributed by atoms with Crippen molar-refractivity contribution in [3.05, 3.63) is 41.2 Å². The first-order valence-corrected chi connectivity index (χ1v) is 11.6. The summed E-state index contributed by atoms with van der Waals surface area (Å²) in [5, 5.41) is 10.0. The van der Waals surface area contributed by atoms with Crippen LogP contribution in [0, 0.1) is 6.92 Å². The summed E-state index contributed by atoms with van der Waals surface area (Å²) >= 11 is 1.80. The Balaban J connectivity index is 0.000000189. The van der Waals surface area contributed by atoms with Gasteiger partial charge in [-0.05, 0) is 67.2 Å². The van der Waals surface area contributed by atoms with Gasteiger partial charge in [-0.15, -0.1) is 11.3 Å². The highest BCUT2D eigenvalue weighted by Gasteiger charge is 2.26. The number of thiophene rings is 1. The lowest BCUT2D eigenvalue weighted by molar-refractivity contribution is 0.406. The summed E-state index contributed by atoms with van der Waals surface area (Å²) < 4.78 is 3.21. The number of rotatable bonds is 2. The summed E-state index contributed by atoms with van der Waals surface area (Å²) in [5.74, 6) is 0.471. The highest BCUT2D eigenvalue weighted by atomic mass is 32.1. The molecule has 1 unspecified atom stereocenters. The van der Waals surface area contributed by atoms with Crippen LogP contribution in [0.15, 0.2) is 30.0 Å². The van der Waals surface area contributed by atoms with Gasteiger partial charge in [0.15, 0.2) is 5.65 Å². The van der Waals surface area contributed by atoms with Gasteiger partial charge in [0.05, 0.1) is 15.9 Å². The van der Waals surface area contributed by atoms with Gasteiger partial charge in [-0.2, -0.15) is 5.10 Å². The maximum absolute atomic E-state index is 4.29. The molecule has 2 fully saturated rings. The first-order valence-electron chi connectivity index (χ1n) is 10.8. The topological polar surface area (TPSA) is 58.0 Å². The maximum Gasteiger partial charge on any atom is 0.158 e. The molecule has 0 spiro atoms. The number of nitrogens with zero attached hydrogens (tertiary/aromatic N) is 3. The fourth-order valence-electron chi connectivity index (χ4n) is 4.91. The van der Waals surface area contributed by atoms with Crippen molar-refractivity contribution in [1.29, 1.82) is 0 Å². The van der Waals surface area contributed by atoms with Gasteiger partial charge in [0.2, 0.25) is 0 Å². The standard InChI is InChI=1S/C16H16N4S.C7H13N/c1-9(2)13-14(19-12-4-5-21-15(12)13)11-6-10(3)16-17-8-18-20(16)7-11;1-2-6-4-5-7(3-1)8-6/h4-9,19H,1-3H3;6-8H,1-5H2/t;6-,7?/m.1/s1. The quantitative estimate of drug-likeness (QED) is 0.451. The lowest BCUT2D eigenvalue weighted by Crippen LogP contribution is -2.33. The summed E-state index contributed by atoms with van der Waals surface area (Å²) in [6.45, 7) is 6.56. The van der Waals surface area contributed by atoms with E-state index in [9.17, 15) is 0 Å². The van der Waals surface area contributed by atoms with E-state index in [0.29, 0.717) is 5.92 Å². The second kappa shape index (κ2) is 7.58. The molecule has 152 valence electrons. The second-order valence-corrected chi connectivity index (χ2v) is 9.66. The van der Waals surface area contributed by atoms with Crippen LogP contribution >= 0.6 is 11.3 Å². The molecule has 0 aromatic carbocycles. The van der Waals surface area contributed by atoms with Gasteiger partial charge in [-0.1, -0.05) is 20.3 Å². The van der Waals surface area contributed by atoms with Crippen LogP contribution in [0.4, 0.5) is 0 Å². The van der Waals surface area contributed by atoms with Crippen molar-refractivity contribution in [2.24, 2.45) is 0 Å². The molecule has 0 amide bonds. The minimum Gasteiger partial charge on any atom is -0.354 e. The van der Waals surface area contributed by atoms with Crippen molar-refractivity contribution in [1.82, 2.24) is 24.9 Å². The molecule has 4 aromatic heterocycles. The summed E-state index contributed by atoms with van der Waals surface area (Å²) in [6, 6.07) is 6.16. The Labute approximate surface area is 175 Å². The van der Waals surface area contributed by atoms with Crippen LogP contribution in [0.2, 0.25) is 0 Å². The van der Waals surface area contributed by atoms with Gasteiger partial charge in [-0.25, -0.2) is 9.50 Å². The van der Waals surface area contributed by atoms with Crippen LogP contribution in [-0.2, 0) is 0 Å². The number of aryl methyl sites for hydroxylation is 1. The van der Waals surface area contributed by atoms with E-state index >= 15 is 0 Å². The number of pyridine rings is 1. The van der Waals surface area contributed by atoms with Crippen molar-refractivity contribution in [3.8, 4) is 11.3 Å². The average molecular weight is 408 g/mol. The third kappa shape index (κ3) is 3.49. The number of nitrogens with one attached hydrogen (secondary N) is 2. The first-order chi connectivity index (χ1) is 14.1. The summed E-state index contributed by atoms with van der Waals surface area (Å²) in [7, 11) is 0. The fourth-order valence-corrected chi connectivity index (χ4v) is 5.96. The van der Waals surface area contributed by atoms with Crippen molar-refractivity contribution >= 4 is 27.2 Å². The Bertz CT molecular complexity index is 1120. The maximum atomic E-state index is 4.29. The average Bonchev–Trinajstić information content (AvgIpc) is 3.45. The normalized spacial score (nSPS) is 21.1. The molecular formula is C23H29N5S. The van der Waals surface area contributed by atoms with Gasteiger partial charge in [0.1, 0.15) is 6.33 Å². The smallest absolute Gasteiger partial charge is 0.158 e. The van der Waals surface area contributed by atoms with Crippen LogP contribution in [-0.4, -0.2) is 31.7 Å². The van der Waals surface area contributed by atoms with E-state index in [1.54, 1.807) is 17.7 Å². The molecule has 4 aromatic rings. The Hall–Kier alpha value is -2.18. The molecule has 2 N–H and O–H groups in total. The molecule has 6 heteroatoms. The number of H-pyrrole nitrogens is 1. The van der Waals surface area contributed by atoms with Crippen LogP contribution < -0.4 is 5.32 Å². The Kier molecular flexibility index (Phi) is 4.92. The van der Waals surface area contributed by atoms with Crippen molar-refractivity contribution in [2.45, 2.75) is 70.9 Å². The number of aromatic nitrogens is 4. The lowest BCUT2D eigenvalue weighted by Gasteiger charge is -2.19. The number of fused-ring (bicyclic) bond motifs is 4. The van der Waals surface area contributed by atoms with Gasteiger partial charge in [0, 0.05) is 23.8 Å². The highest BCUT2D eigenvalue weighted by Crippen LogP contribution is 2.38. The number of hydrogen-bond acceptors (Lipinski definition) is 4. The van der Waals surface area contributed by atoms with E-state index in [2.05, 4.69) is 64.9 Å². The zero-order valence-corrected chi connectivity index (χ0v) is 18.2. The van der Waals surface area contributed by atoms with E-state index in [4.69, 9.17) is 0 Å². The molecule has 29 heavy (non-hydrogen) atoms. The molecule has 2 aliphatic rings. The molecule has 0 aliphatic carbocycles. The molecule has 2 atom stereocenters. The third-order valence-electron chi connectivity index (χ3n) is 6.30. The molecule has 5 nitrogen and oxygen atoms in total. The molecule has 0 saturated carbocycles. The minimum atomic E-state index is 0.471. The Morgan fingerprint density at radius 1 is 1.17 bits per heavy atom. The molecular weight excluding hydrogens is 378 g/mol. The van der Waals surface area contributed by atoms with Crippen LogP contribution in [0.1, 0.15) is 63.0 Å². The molecule has 6 rings (SSSR count). The fraction of sp³-hybridized carbons (Fsp3) is 0.478. The zero-order chi connectivity index (χ0) is 20.0. The van der Waals surface area contributed by atoms with E-state index < -0.39 is 0 Å². The third-order valence-corrected chi connectivity index (χ3v) is 7.25. The van der Waals surface area contributed by atoms with Crippen LogP contribution in [0.5, 0.6) is 0 Å². The number of hydrogen-bond donors (Lipinski definition) is 2. The van der Waals surface area contributed by atoms with Gasteiger partial charge < -0.3 is 10.3 Å². The second-order valence-electron chi connectivity index (χ2n) is 8.74. The SMILES string of the molecule is C1CC2CC[C@@H](C1)N2.Cc1cc(-c2[nH]c3ccsc3c2C(C)C)cn2ncnc12. The van der Waals surface area contributed by atoms with Crippen molar-refractivity contribution in [3.63, 3.8) is 0 Å². The van der Waals surface area contributed by atoms with E-state index in [0.717, 1.165) is 28.9 Å². The molecule has 0 radical (unpaired) electrons. The minimum absolute atomic E-state index is 0.471. The monoisotopic (exact) mass is 407 g/mol. The first kappa shape index (κ1) is 18.8. The van der Waals surface area contributed by atoms with Crippen LogP contribution in [0.3, 0.4) is 0 Å². The molecule has 2 aliphatic heterocycles. The van der Waals surface area contributed by atoms with Gasteiger partial charge in [0.25, 0.3) is 0 Å². The number of aromatic amines is 1. The summed E-state index contributed by atoms with van der Waals surface area (Å²) in [5.41, 5.74) is 7.02.